The van der Waals surface area contributed by atoms with Crippen LogP contribution in [0.15, 0.2) is 47.6 Å². The number of nitrogens with zero attached hydrogens (tertiary/aromatic N) is 2. The van der Waals surface area contributed by atoms with Crippen LogP contribution in [-0.2, 0) is 6.54 Å². The van der Waals surface area contributed by atoms with Gasteiger partial charge in [-0.15, -0.1) is 24.0 Å². The number of hydrogen-bond donors (Lipinski definition) is 3. The number of hydrogen-bond acceptors (Lipinski definition) is 5. The van der Waals surface area contributed by atoms with Crippen LogP contribution in [0.4, 0.5) is 0 Å². The second-order valence-corrected chi connectivity index (χ2v) is 7.87. The minimum Gasteiger partial charge on any atom is -0.497 e. The van der Waals surface area contributed by atoms with Crippen LogP contribution in [0.5, 0.6) is 17.4 Å². The van der Waals surface area contributed by atoms with E-state index in [1.807, 2.05) is 43.3 Å². The van der Waals surface area contributed by atoms with Crippen molar-refractivity contribution in [3.63, 3.8) is 0 Å². The number of pyridine rings is 1. The second-order valence-electron chi connectivity index (χ2n) is 7.87. The lowest BCUT2D eigenvalue weighted by molar-refractivity contribution is 0.243. The van der Waals surface area contributed by atoms with E-state index in [0.717, 1.165) is 43.2 Å². The van der Waals surface area contributed by atoms with E-state index >= 15 is 0 Å². The van der Waals surface area contributed by atoms with Gasteiger partial charge in [0.05, 0.1) is 13.7 Å². The molecule has 1 heterocycles. The van der Waals surface area contributed by atoms with E-state index in [0.29, 0.717) is 30.0 Å². The number of aromatic nitrogens is 1. The molecule has 2 rings (SSSR count). The highest BCUT2D eigenvalue weighted by Gasteiger charge is 2.11. The molecule has 7 nitrogen and oxygen atoms in total. The highest BCUT2D eigenvalue weighted by Crippen LogP contribution is 2.22. The second kappa shape index (κ2) is 15.7. The topological polar surface area (TPSA) is 88.0 Å². The van der Waals surface area contributed by atoms with Gasteiger partial charge in [-0.3, -0.25) is 0 Å². The Kier molecular flexibility index (Phi) is 13.7. The van der Waals surface area contributed by atoms with Gasteiger partial charge in [-0.25, -0.2) is 9.98 Å². The summed E-state index contributed by atoms with van der Waals surface area (Å²) in [5, 5.41) is 16.0. The standard InChI is InChI=1S/C24H36N4O3.HI/c1-5-25-24(27-15-19(12-13-29)14-18(2)3)28-17-20-6-11-23(26-16-20)31-22-9-7-21(30-4)8-10-22;/h6-11,16,18-19,29H,5,12-15,17H2,1-4H3,(H2,25,27,28);1H. The van der Waals surface area contributed by atoms with Crippen molar-refractivity contribution in [2.24, 2.45) is 16.8 Å². The first-order chi connectivity index (χ1) is 15.0. The maximum atomic E-state index is 9.31. The van der Waals surface area contributed by atoms with Crippen LogP contribution < -0.4 is 20.1 Å². The smallest absolute Gasteiger partial charge is 0.219 e. The Morgan fingerprint density at radius 2 is 1.81 bits per heavy atom. The number of aliphatic hydroxyl groups is 1. The first-order valence-corrected chi connectivity index (χ1v) is 10.9. The molecule has 2 aromatic rings. The fourth-order valence-corrected chi connectivity index (χ4v) is 3.23. The van der Waals surface area contributed by atoms with Gasteiger partial charge in [0.15, 0.2) is 5.96 Å². The molecule has 0 aliphatic carbocycles. The molecule has 0 aliphatic rings. The third kappa shape index (κ3) is 10.5. The summed E-state index contributed by atoms with van der Waals surface area (Å²) in [5.41, 5.74) is 0.994. The summed E-state index contributed by atoms with van der Waals surface area (Å²) in [4.78, 5) is 9.05. The Balaban J connectivity index is 0.00000512. The molecule has 8 heteroatoms. The average molecular weight is 556 g/mol. The number of methoxy groups -OCH3 is 1. The normalized spacial score (nSPS) is 12.1. The van der Waals surface area contributed by atoms with E-state index in [-0.39, 0.29) is 30.6 Å². The number of benzene rings is 1. The van der Waals surface area contributed by atoms with Crippen LogP contribution in [0, 0.1) is 11.8 Å². The first kappa shape index (κ1) is 28.0. The van der Waals surface area contributed by atoms with Crippen LogP contribution in [0.25, 0.3) is 0 Å². The minimum absolute atomic E-state index is 0. The molecule has 0 radical (unpaired) electrons. The van der Waals surface area contributed by atoms with Crippen LogP contribution in [0.2, 0.25) is 0 Å². The maximum Gasteiger partial charge on any atom is 0.219 e. The van der Waals surface area contributed by atoms with Gasteiger partial charge in [0, 0.05) is 32.0 Å². The lowest BCUT2D eigenvalue weighted by atomic mass is 9.94. The molecule has 178 valence electrons. The van der Waals surface area contributed by atoms with Crippen molar-refractivity contribution < 1.29 is 14.6 Å². The fraction of sp³-hybridized carbons (Fsp3) is 0.500. The van der Waals surface area contributed by atoms with Gasteiger partial charge in [0.2, 0.25) is 5.88 Å². The van der Waals surface area contributed by atoms with E-state index in [1.54, 1.807) is 13.3 Å². The Morgan fingerprint density at radius 3 is 2.38 bits per heavy atom. The van der Waals surface area contributed by atoms with Gasteiger partial charge in [-0.05, 0) is 61.4 Å². The zero-order valence-electron chi connectivity index (χ0n) is 19.5. The summed E-state index contributed by atoms with van der Waals surface area (Å²) in [6.45, 7) is 8.76. The number of nitrogens with one attached hydrogen (secondary N) is 2. The maximum absolute atomic E-state index is 9.31. The zero-order valence-corrected chi connectivity index (χ0v) is 21.8. The van der Waals surface area contributed by atoms with Crippen LogP contribution >= 0.6 is 24.0 Å². The number of rotatable bonds is 12. The molecule has 0 bridgehead atoms. The summed E-state index contributed by atoms with van der Waals surface area (Å²) in [6.07, 6.45) is 3.65. The molecule has 32 heavy (non-hydrogen) atoms. The molecule has 1 atom stereocenters. The number of aliphatic hydroxyl groups excluding tert-OH is 1. The van der Waals surface area contributed by atoms with Crippen molar-refractivity contribution in [1.29, 1.82) is 0 Å². The third-order valence-corrected chi connectivity index (χ3v) is 4.74. The van der Waals surface area contributed by atoms with Gasteiger partial charge in [-0.2, -0.15) is 0 Å². The lowest BCUT2D eigenvalue weighted by Crippen LogP contribution is -2.40. The SMILES string of the molecule is CCNC(=NCc1ccc(Oc2ccc(OC)cc2)nc1)NCC(CCO)CC(C)C.I. The van der Waals surface area contributed by atoms with E-state index < -0.39 is 0 Å². The highest BCUT2D eigenvalue weighted by molar-refractivity contribution is 14.0. The molecule has 0 fully saturated rings. The van der Waals surface area contributed by atoms with Crippen LogP contribution in [-0.4, -0.2) is 42.9 Å². The van der Waals surface area contributed by atoms with Crippen molar-refractivity contribution in [3.8, 4) is 17.4 Å². The van der Waals surface area contributed by atoms with E-state index in [9.17, 15) is 5.11 Å². The van der Waals surface area contributed by atoms with Crippen molar-refractivity contribution in [3.05, 3.63) is 48.2 Å². The molecular weight excluding hydrogens is 519 g/mol. The summed E-state index contributed by atoms with van der Waals surface area (Å²) in [5.74, 6) is 3.81. The quantitative estimate of drug-likeness (QED) is 0.201. The molecule has 0 saturated carbocycles. The third-order valence-electron chi connectivity index (χ3n) is 4.74. The molecule has 3 N–H and O–H groups in total. The van der Waals surface area contributed by atoms with Crippen molar-refractivity contribution in [1.82, 2.24) is 15.6 Å². The Bertz CT molecular complexity index is 783. The minimum atomic E-state index is 0. The number of aliphatic imine (C=N–C) groups is 1. The van der Waals surface area contributed by atoms with Crippen molar-refractivity contribution in [2.45, 2.75) is 40.2 Å². The molecular formula is C24H37IN4O3. The van der Waals surface area contributed by atoms with Crippen LogP contribution in [0.1, 0.15) is 39.2 Å². The van der Waals surface area contributed by atoms with Crippen molar-refractivity contribution >= 4 is 29.9 Å². The van der Waals surface area contributed by atoms with Gasteiger partial charge in [0.25, 0.3) is 0 Å². The lowest BCUT2D eigenvalue weighted by Gasteiger charge is -2.20. The Morgan fingerprint density at radius 1 is 1.09 bits per heavy atom. The molecule has 0 aliphatic heterocycles. The summed E-state index contributed by atoms with van der Waals surface area (Å²) in [7, 11) is 1.63. The van der Waals surface area contributed by atoms with Crippen molar-refractivity contribution in [2.75, 3.05) is 26.8 Å². The van der Waals surface area contributed by atoms with Gasteiger partial charge < -0.3 is 25.2 Å². The fourth-order valence-electron chi connectivity index (χ4n) is 3.23. The van der Waals surface area contributed by atoms with E-state index in [4.69, 9.17) is 9.47 Å². The molecule has 0 amide bonds. The highest BCUT2D eigenvalue weighted by atomic mass is 127. The summed E-state index contributed by atoms with van der Waals surface area (Å²) >= 11 is 0. The number of halogens is 1. The number of guanidine groups is 1. The van der Waals surface area contributed by atoms with Gasteiger partial charge >= 0.3 is 0 Å². The zero-order chi connectivity index (χ0) is 22.5. The Hall–Kier alpha value is -2.07. The predicted octanol–water partition coefficient (Wildman–Crippen LogP) is 4.60. The van der Waals surface area contributed by atoms with Crippen LogP contribution in [0.3, 0.4) is 0 Å². The number of ether oxygens (including phenoxy) is 2. The molecule has 1 aromatic carbocycles. The molecule has 1 unspecified atom stereocenters. The molecule has 0 saturated heterocycles. The van der Waals surface area contributed by atoms with E-state index in [2.05, 4.69) is 34.5 Å². The van der Waals surface area contributed by atoms with E-state index in [1.165, 1.54) is 0 Å². The molecule has 1 aromatic heterocycles. The monoisotopic (exact) mass is 556 g/mol. The Labute approximate surface area is 209 Å². The summed E-state index contributed by atoms with van der Waals surface area (Å²) < 4.78 is 10.9. The first-order valence-electron chi connectivity index (χ1n) is 10.9. The summed E-state index contributed by atoms with van der Waals surface area (Å²) in [6, 6.07) is 11.2. The van der Waals surface area contributed by atoms with Gasteiger partial charge in [0.1, 0.15) is 11.5 Å². The van der Waals surface area contributed by atoms with Gasteiger partial charge in [-0.1, -0.05) is 19.9 Å². The predicted molar refractivity (Wildman–Crippen MR) is 140 cm³/mol. The largest absolute Gasteiger partial charge is 0.497 e. The average Bonchev–Trinajstić information content (AvgIpc) is 2.77. The molecule has 0 spiro atoms.